The van der Waals surface area contributed by atoms with Crippen LogP contribution in [0, 0.1) is 6.92 Å². The Balaban J connectivity index is 2.36. The van der Waals surface area contributed by atoms with Crippen LogP contribution in [0.3, 0.4) is 0 Å². The maximum atomic E-state index is 6.31. The predicted octanol–water partition coefficient (Wildman–Crippen LogP) is 5.55. The molecule has 0 saturated heterocycles. The Morgan fingerprint density at radius 2 is 1.90 bits per heavy atom. The fraction of sp³-hybridized carbons (Fsp3) is 0.200. The lowest BCUT2D eigenvalue weighted by Gasteiger charge is -2.11. The molecular weight excluding hydrogens is 417 g/mol. The number of hydrogen-bond acceptors (Lipinski definition) is 2. The van der Waals surface area contributed by atoms with Crippen molar-refractivity contribution in [3.05, 3.63) is 50.8 Å². The molecule has 1 aromatic carbocycles. The van der Waals surface area contributed by atoms with Crippen LogP contribution in [-0.4, -0.2) is 14.5 Å². The van der Waals surface area contributed by atoms with Gasteiger partial charge in [-0.3, -0.25) is 4.57 Å². The third kappa shape index (κ3) is 2.87. The Hall–Kier alpha value is -0.910. The smallest absolute Gasteiger partial charge is 0.164 e. The van der Waals surface area contributed by atoms with Gasteiger partial charge in [-0.2, -0.15) is 0 Å². The molecule has 0 fully saturated rings. The van der Waals surface area contributed by atoms with Crippen molar-refractivity contribution >= 4 is 54.6 Å². The molecular formula is C15H12Br2ClN3. The summed E-state index contributed by atoms with van der Waals surface area (Å²) in [7, 11) is 0. The number of alkyl halides is 1. The van der Waals surface area contributed by atoms with Crippen LogP contribution in [0.5, 0.6) is 0 Å². The first-order chi connectivity index (χ1) is 9.95. The number of fused-ring (bicyclic) bond motifs is 1. The van der Waals surface area contributed by atoms with Gasteiger partial charge in [0.1, 0.15) is 11.3 Å². The number of pyridine rings is 1. The molecule has 0 radical (unpaired) electrons. The molecule has 3 nitrogen and oxygen atoms in total. The minimum atomic E-state index is -0.211. The van der Waals surface area contributed by atoms with E-state index in [4.69, 9.17) is 11.6 Å². The van der Waals surface area contributed by atoms with Crippen molar-refractivity contribution in [1.82, 2.24) is 14.5 Å². The fourth-order valence-corrected chi connectivity index (χ4v) is 3.39. The van der Waals surface area contributed by atoms with Gasteiger partial charge in [0.15, 0.2) is 5.65 Å². The van der Waals surface area contributed by atoms with E-state index < -0.39 is 0 Å². The zero-order chi connectivity index (χ0) is 15.1. The van der Waals surface area contributed by atoms with E-state index in [1.807, 2.05) is 23.6 Å². The van der Waals surface area contributed by atoms with Gasteiger partial charge in [0.25, 0.3) is 0 Å². The molecule has 1 atom stereocenters. The van der Waals surface area contributed by atoms with E-state index in [9.17, 15) is 0 Å². The van der Waals surface area contributed by atoms with Crippen LogP contribution >= 0.6 is 43.5 Å². The molecule has 0 aliphatic heterocycles. The van der Waals surface area contributed by atoms with Crippen LogP contribution < -0.4 is 0 Å². The Bertz CT molecular complexity index is 807. The fourth-order valence-electron chi connectivity index (χ4n) is 2.33. The summed E-state index contributed by atoms with van der Waals surface area (Å²) in [6.45, 7) is 3.97. The lowest BCUT2D eigenvalue weighted by Crippen LogP contribution is -2.03. The average Bonchev–Trinajstić information content (AvgIpc) is 2.76. The van der Waals surface area contributed by atoms with Crippen molar-refractivity contribution in [2.75, 3.05) is 0 Å². The van der Waals surface area contributed by atoms with Gasteiger partial charge in [0.05, 0.1) is 11.1 Å². The second-order valence-corrected chi connectivity index (χ2v) is 7.39. The molecule has 0 bridgehead atoms. The normalized spacial score (nSPS) is 12.8. The SMILES string of the molecule is Cc1cc(Br)cc(-n2c(C(C)Cl)nc3cc(Br)cnc32)c1. The number of nitrogens with zero attached hydrogens (tertiary/aromatic N) is 3. The molecule has 0 saturated carbocycles. The zero-order valence-corrected chi connectivity index (χ0v) is 15.4. The molecule has 2 aromatic heterocycles. The van der Waals surface area contributed by atoms with Crippen LogP contribution in [0.25, 0.3) is 16.9 Å². The molecule has 3 rings (SSSR count). The Morgan fingerprint density at radius 1 is 1.14 bits per heavy atom. The zero-order valence-electron chi connectivity index (χ0n) is 11.4. The van der Waals surface area contributed by atoms with E-state index in [-0.39, 0.29) is 5.38 Å². The van der Waals surface area contributed by atoms with E-state index in [0.717, 1.165) is 37.2 Å². The molecule has 1 unspecified atom stereocenters. The maximum absolute atomic E-state index is 6.31. The highest BCUT2D eigenvalue weighted by atomic mass is 79.9. The first-order valence-electron chi connectivity index (χ1n) is 6.41. The van der Waals surface area contributed by atoms with Crippen molar-refractivity contribution in [3.63, 3.8) is 0 Å². The lowest BCUT2D eigenvalue weighted by atomic mass is 10.2. The lowest BCUT2D eigenvalue weighted by molar-refractivity contribution is 0.876. The first kappa shape index (κ1) is 15.0. The highest BCUT2D eigenvalue weighted by molar-refractivity contribution is 9.10. The summed E-state index contributed by atoms with van der Waals surface area (Å²) < 4.78 is 3.93. The van der Waals surface area contributed by atoms with Gasteiger partial charge >= 0.3 is 0 Å². The van der Waals surface area contributed by atoms with E-state index in [0.29, 0.717) is 0 Å². The first-order valence-corrected chi connectivity index (χ1v) is 8.43. The molecule has 3 aromatic rings. The monoisotopic (exact) mass is 427 g/mol. The van der Waals surface area contributed by atoms with Crippen LogP contribution in [0.4, 0.5) is 0 Å². The number of halogens is 3. The van der Waals surface area contributed by atoms with Gasteiger partial charge in [-0.15, -0.1) is 11.6 Å². The Labute approximate surface area is 144 Å². The van der Waals surface area contributed by atoms with Gasteiger partial charge in [-0.1, -0.05) is 15.9 Å². The van der Waals surface area contributed by atoms with E-state index >= 15 is 0 Å². The van der Waals surface area contributed by atoms with Crippen molar-refractivity contribution < 1.29 is 0 Å². The topological polar surface area (TPSA) is 30.7 Å². The molecule has 0 aliphatic carbocycles. The number of rotatable bonds is 2. The maximum Gasteiger partial charge on any atom is 0.164 e. The summed E-state index contributed by atoms with van der Waals surface area (Å²) in [5, 5.41) is -0.211. The average molecular weight is 430 g/mol. The highest BCUT2D eigenvalue weighted by Gasteiger charge is 2.18. The second kappa shape index (κ2) is 5.71. The molecule has 108 valence electrons. The highest BCUT2D eigenvalue weighted by Crippen LogP contribution is 2.30. The minimum Gasteiger partial charge on any atom is -0.279 e. The molecule has 2 heterocycles. The third-order valence-corrected chi connectivity index (χ3v) is 4.22. The molecule has 0 aliphatic rings. The van der Waals surface area contributed by atoms with Crippen molar-refractivity contribution in [2.45, 2.75) is 19.2 Å². The van der Waals surface area contributed by atoms with Gasteiger partial charge in [-0.05, 0) is 59.6 Å². The van der Waals surface area contributed by atoms with Crippen LogP contribution in [0.1, 0.15) is 23.7 Å². The number of hydrogen-bond donors (Lipinski definition) is 0. The van der Waals surface area contributed by atoms with Crippen LogP contribution in [0.2, 0.25) is 0 Å². The Kier molecular flexibility index (Phi) is 4.08. The van der Waals surface area contributed by atoms with Gasteiger partial charge < -0.3 is 0 Å². The Morgan fingerprint density at radius 3 is 2.57 bits per heavy atom. The standard InChI is InChI=1S/C15H12Br2ClN3/c1-8-3-10(16)5-12(4-8)21-14(9(2)18)20-13-6-11(17)7-19-15(13)21/h3-7,9H,1-2H3. The number of aryl methyl sites for hydroxylation is 1. The quantitative estimate of drug-likeness (QED) is 0.500. The van der Waals surface area contributed by atoms with Gasteiger partial charge in [0.2, 0.25) is 0 Å². The molecule has 0 spiro atoms. The van der Waals surface area contributed by atoms with Gasteiger partial charge in [-0.25, -0.2) is 9.97 Å². The minimum absolute atomic E-state index is 0.211. The second-order valence-electron chi connectivity index (χ2n) is 4.90. The molecule has 0 N–H and O–H groups in total. The largest absolute Gasteiger partial charge is 0.279 e. The number of aromatic nitrogens is 3. The van der Waals surface area contributed by atoms with Gasteiger partial charge in [0, 0.05) is 15.1 Å². The van der Waals surface area contributed by atoms with E-state index in [1.54, 1.807) is 6.20 Å². The summed E-state index contributed by atoms with van der Waals surface area (Å²) in [6.07, 6.45) is 1.77. The number of benzene rings is 1. The summed E-state index contributed by atoms with van der Waals surface area (Å²) >= 11 is 13.3. The summed E-state index contributed by atoms with van der Waals surface area (Å²) in [4.78, 5) is 9.13. The van der Waals surface area contributed by atoms with Crippen LogP contribution in [-0.2, 0) is 0 Å². The van der Waals surface area contributed by atoms with E-state index in [1.165, 1.54) is 0 Å². The molecule has 0 amide bonds. The van der Waals surface area contributed by atoms with Crippen molar-refractivity contribution in [1.29, 1.82) is 0 Å². The van der Waals surface area contributed by atoms with Crippen LogP contribution in [0.15, 0.2) is 39.4 Å². The summed E-state index contributed by atoms with van der Waals surface area (Å²) in [6, 6.07) is 8.15. The van der Waals surface area contributed by atoms with Crippen molar-refractivity contribution in [3.8, 4) is 5.69 Å². The third-order valence-electron chi connectivity index (χ3n) is 3.13. The molecule has 6 heteroatoms. The van der Waals surface area contributed by atoms with E-state index in [2.05, 4.69) is 60.9 Å². The van der Waals surface area contributed by atoms with Crippen molar-refractivity contribution in [2.24, 2.45) is 0 Å². The predicted molar refractivity (Wildman–Crippen MR) is 93.3 cm³/mol. The molecule has 21 heavy (non-hydrogen) atoms. The summed E-state index contributed by atoms with van der Waals surface area (Å²) in [5.41, 5.74) is 3.79. The number of imidazole rings is 1. The summed E-state index contributed by atoms with van der Waals surface area (Å²) in [5.74, 6) is 0.787.